The Balaban J connectivity index is 0.00000272. The van der Waals surface area contributed by atoms with Gasteiger partial charge < -0.3 is 26.5 Å². The fraction of sp³-hybridized carbons (Fsp3) is 0.333. The van der Waals surface area contributed by atoms with E-state index in [-0.39, 0.29) is 22.4 Å². The van der Waals surface area contributed by atoms with E-state index in [9.17, 15) is 0 Å². The van der Waals surface area contributed by atoms with Gasteiger partial charge in [-0.15, -0.1) is 0 Å². The van der Waals surface area contributed by atoms with E-state index < -0.39 is 13.0 Å². The first-order chi connectivity index (χ1) is 14.4. The van der Waals surface area contributed by atoms with Crippen molar-refractivity contribution in [1.82, 2.24) is 0 Å². The maximum absolute atomic E-state index is 6.28. The summed E-state index contributed by atoms with van der Waals surface area (Å²) in [6.45, 7) is 7.97. The monoisotopic (exact) mass is 498 g/mol. The van der Waals surface area contributed by atoms with Gasteiger partial charge in [-0.05, 0) is 43.3 Å². The van der Waals surface area contributed by atoms with Crippen LogP contribution in [0.15, 0.2) is 91.0 Å². The van der Waals surface area contributed by atoms with Crippen LogP contribution in [0.3, 0.4) is 0 Å². The van der Waals surface area contributed by atoms with E-state index in [1.54, 1.807) is 0 Å². The standard InChI is InChI=1S/C27H32O2P.BrH/c1-26(2)21-28-27(3,29-22-26)19-20-30(23-13-7-4-8-14-23,24-15-9-5-10-16-24)25-17-11-6-12-18-25;/h4-18H,19-22H2,1-3H3;1H/q+1;/p-1. The quantitative estimate of drug-likeness (QED) is 0.485. The molecule has 31 heavy (non-hydrogen) atoms. The third-order valence-electron chi connectivity index (χ3n) is 6.03. The van der Waals surface area contributed by atoms with E-state index in [0.29, 0.717) is 0 Å². The summed E-state index contributed by atoms with van der Waals surface area (Å²) in [6, 6.07) is 33.0. The Hall–Kier alpha value is -1.51. The Kier molecular flexibility index (Phi) is 7.76. The molecule has 0 spiro atoms. The highest BCUT2D eigenvalue weighted by molar-refractivity contribution is 7.95. The Morgan fingerprint density at radius 1 is 0.645 bits per heavy atom. The minimum absolute atomic E-state index is 0. The highest BCUT2D eigenvalue weighted by atomic mass is 79.9. The molecule has 0 unspecified atom stereocenters. The average Bonchev–Trinajstić information content (AvgIpc) is 2.79. The van der Waals surface area contributed by atoms with Gasteiger partial charge in [0.1, 0.15) is 23.2 Å². The van der Waals surface area contributed by atoms with Crippen molar-refractivity contribution in [3.05, 3.63) is 91.0 Å². The zero-order chi connectivity index (χ0) is 21.1. The van der Waals surface area contributed by atoms with Crippen molar-refractivity contribution >= 4 is 23.2 Å². The summed E-state index contributed by atoms with van der Waals surface area (Å²) in [4.78, 5) is 0. The second kappa shape index (κ2) is 9.96. The molecule has 1 aliphatic rings. The van der Waals surface area contributed by atoms with E-state index in [1.165, 1.54) is 15.9 Å². The third kappa shape index (κ3) is 5.29. The van der Waals surface area contributed by atoms with E-state index in [2.05, 4.69) is 112 Å². The summed E-state index contributed by atoms with van der Waals surface area (Å²) in [5.41, 5.74) is 0.0734. The molecular formula is C27H32BrO2P. The van der Waals surface area contributed by atoms with Gasteiger partial charge in [0.15, 0.2) is 5.79 Å². The molecule has 1 saturated heterocycles. The molecule has 0 saturated carbocycles. The summed E-state index contributed by atoms with van der Waals surface area (Å²) in [5, 5.41) is 4.21. The predicted octanol–water partition coefficient (Wildman–Crippen LogP) is 2.16. The lowest BCUT2D eigenvalue weighted by Crippen LogP contribution is -3.00. The molecule has 3 aromatic rings. The summed E-state index contributed by atoms with van der Waals surface area (Å²) in [7, 11) is -1.85. The topological polar surface area (TPSA) is 18.5 Å². The van der Waals surface area contributed by atoms with Crippen LogP contribution in [-0.2, 0) is 9.47 Å². The van der Waals surface area contributed by atoms with Crippen LogP contribution >= 0.6 is 7.26 Å². The summed E-state index contributed by atoms with van der Waals surface area (Å²) >= 11 is 0. The van der Waals surface area contributed by atoms with Gasteiger partial charge in [-0.1, -0.05) is 68.4 Å². The Bertz CT molecular complexity index is 838. The van der Waals surface area contributed by atoms with E-state index in [0.717, 1.165) is 25.8 Å². The Morgan fingerprint density at radius 2 is 1.00 bits per heavy atom. The van der Waals surface area contributed by atoms with E-state index in [4.69, 9.17) is 9.47 Å². The Morgan fingerprint density at radius 3 is 1.35 bits per heavy atom. The zero-order valence-electron chi connectivity index (χ0n) is 18.6. The number of halogens is 1. The van der Waals surface area contributed by atoms with Crippen molar-refractivity contribution in [2.45, 2.75) is 33.0 Å². The van der Waals surface area contributed by atoms with Crippen LogP contribution in [-0.4, -0.2) is 25.2 Å². The van der Waals surface area contributed by atoms with Gasteiger partial charge in [-0.3, -0.25) is 0 Å². The van der Waals surface area contributed by atoms with Crippen molar-refractivity contribution < 1.29 is 26.5 Å². The normalized spacial score (nSPS) is 17.5. The number of hydrogen-bond donors (Lipinski definition) is 0. The number of hydrogen-bond acceptors (Lipinski definition) is 2. The lowest BCUT2D eigenvalue weighted by molar-refractivity contribution is -0.289. The molecule has 0 radical (unpaired) electrons. The predicted molar refractivity (Wildman–Crippen MR) is 129 cm³/mol. The molecule has 3 aromatic carbocycles. The SMILES string of the molecule is CC1(C)COC(C)(CC[P+](c2ccccc2)(c2ccccc2)c2ccccc2)OC1.[Br-]. The fourth-order valence-electron chi connectivity index (χ4n) is 4.18. The fourth-order valence-corrected chi connectivity index (χ4v) is 8.63. The van der Waals surface area contributed by atoms with Crippen molar-refractivity contribution in [3.63, 3.8) is 0 Å². The molecule has 4 rings (SSSR count). The molecule has 2 nitrogen and oxygen atoms in total. The van der Waals surface area contributed by atoms with Gasteiger partial charge in [0, 0.05) is 11.8 Å². The highest BCUT2D eigenvalue weighted by Gasteiger charge is 2.48. The maximum atomic E-state index is 6.28. The number of rotatable bonds is 6. The van der Waals surface area contributed by atoms with Gasteiger partial charge >= 0.3 is 0 Å². The van der Waals surface area contributed by atoms with Gasteiger partial charge in [-0.2, -0.15) is 0 Å². The second-order valence-corrected chi connectivity index (χ2v) is 12.8. The van der Waals surface area contributed by atoms with Gasteiger partial charge in [0.2, 0.25) is 0 Å². The zero-order valence-corrected chi connectivity index (χ0v) is 21.1. The molecule has 0 amide bonds. The lowest BCUT2D eigenvalue weighted by Gasteiger charge is -2.42. The van der Waals surface area contributed by atoms with Gasteiger partial charge in [-0.25, -0.2) is 0 Å². The van der Waals surface area contributed by atoms with Crippen LogP contribution in [0.25, 0.3) is 0 Å². The van der Waals surface area contributed by atoms with Crippen LogP contribution in [0.1, 0.15) is 27.2 Å². The first-order valence-corrected chi connectivity index (χ1v) is 12.7. The minimum Gasteiger partial charge on any atom is -1.00 e. The number of benzene rings is 3. The van der Waals surface area contributed by atoms with Crippen LogP contribution in [0, 0.1) is 5.41 Å². The third-order valence-corrected chi connectivity index (χ3v) is 10.5. The van der Waals surface area contributed by atoms with Crippen molar-refractivity contribution in [1.29, 1.82) is 0 Å². The summed E-state index contributed by atoms with van der Waals surface area (Å²) in [5.74, 6) is -0.543. The highest BCUT2D eigenvalue weighted by Crippen LogP contribution is 2.56. The van der Waals surface area contributed by atoms with Crippen LogP contribution in [0.5, 0.6) is 0 Å². The molecule has 4 heteroatoms. The summed E-state index contributed by atoms with van der Waals surface area (Å²) < 4.78 is 12.6. The molecule has 164 valence electrons. The molecule has 1 heterocycles. The molecule has 0 aliphatic carbocycles. The van der Waals surface area contributed by atoms with Gasteiger partial charge in [0.25, 0.3) is 0 Å². The van der Waals surface area contributed by atoms with Crippen LogP contribution < -0.4 is 32.9 Å². The Labute approximate surface area is 198 Å². The van der Waals surface area contributed by atoms with E-state index >= 15 is 0 Å². The van der Waals surface area contributed by atoms with E-state index in [1.807, 2.05) is 0 Å². The lowest BCUT2D eigenvalue weighted by atomic mass is 9.94. The van der Waals surface area contributed by atoms with Gasteiger partial charge in [0.05, 0.1) is 19.4 Å². The molecule has 0 aromatic heterocycles. The molecular weight excluding hydrogens is 467 g/mol. The molecule has 1 fully saturated rings. The maximum Gasteiger partial charge on any atom is 0.169 e. The summed E-state index contributed by atoms with van der Waals surface area (Å²) in [6.07, 6.45) is 1.86. The van der Waals surface area contributed by atoms with Crippen molar-refractivity contribution in [2.24, 2.45) is 5.41 Å². The molecule has 1 aliphatic heterocycles. The van der Waals surface area contributed by atoms with Crippen molar-refractivity contribution in [2.75, 3.05) is 19.4 Å². The average molecular weight is 499 g/mol. The molecule has 0 N–H and O–H groups in total. The largest absolute Gasteiger partial charge is 1.00 e. The first-order valence-electron chi connectivity index (χ1n) is 10.8. The first kappa shape index (κ1) is 24.1. The molecule has 0 atom stereocenters. The van der Waals surface area contributed by atoms with Crippen LogP contribution in [0.2, 0.25) is 0 Å². The minimum atomic E-state index is -1.85. The smallest absolute Gasteiger partial charge is 0.169 e. The number of ether oxygens (including phenoxy) is 2. The second-order valence-electron chi connectivity index (χ2n) is 9.17. The van der Waals surface area contributed by atoms with Crippen molar-refractivity contribution in [3.8, 4) is 0 Å². The molecule has 0 bridgehead atoms. The van der Waals surface area contributed by atoms with Crippen LogP contribution in [0.4, 0.5) is 0 Å².